The molecule has 4 aromatic rings. The van der Waals surface area contributed by atoms with E-state index in [1.54, 1.807) is 27.4 Å². The molecule has 0 atom stereocenters. The van der Waals surface area contributed by atoms with Crippen molar-refractivity contribution in [3.05, 3.63) is 52.4 Å². The minimum absolute atomic E-state index is 0.0505. The van der Waals surface area contributed by atoms with Gasteiger partial charge in [0, 0.05) is 6.20 Å². The van der Waals surface area contributed by atoms with Crippen LogP contribution in [0, 0.1) is 0 Å². The molecule has 0 unspecified atom stereocenters. The highest BCUT2D eigenvalue weighted by Gasteiger charge is 2.07. The predicted molar refractivity (Wildman–Crippen MR) is 72.1 cm³/mol. The van der Waals surface area contributed by atoms with Crippen LogP contribution in [-0.2, 0) is 0 Å². The molecule has 0 fully saturated rings. The van der Waals surface area contributed by atoms with Crippen LogP contribution in [0.25, 0.3) is 26.8 Å². The van der Waals surface area contributed by atoms with E-state index in [9.17, 15) is 4.79 Å². The SMILES string of the molecule is O=c1c2cc3ncsc3cc2nc2ccccn12. The number of pyridine rings is 1. The van der Waals surface area contributed by atoms with Crippen molar-refractivity contribution in [3.8, 4) is 0 Å². The quantitative estimate of drug-likeness (QED) is 0.452. The monoisotopic (exact) mass is 253 g/mol. The van der Waals surface area contributed by atoms with Crippen LogP contribution in [-0.4, -0.2) is 14.4 Å². The lowest BCUT2D eigenvalue weighted by atomic mass is 10.2. The Kier molecular flexibility index (Phi) is 1.82. The third-order valence-corrected chi connectivity index (χ3v) is 3.76. The van der Waals surface area contributed by atoms with Gasteiger partial charge in [0.15, 0.2) is 0 Å². The summed E-state index contributed by atoms with van der Waals surface area (Å²) in [7, 11) is 0. The van der Waals surface area contributed by atoms with E-state index in [1.165, 1.54) is 0 Å². The average Bonchev–Trinajstić information content (AvgIpc) is 2.84. The zero-order valence-corrected chi connectivity index (χ0v) is 10.0. The van der Waals surface area contributed by atoms with Crippen molar-refractivity contribution in [2.24, 2.45) is 0 Å². The predicted octanol–water partition coefficient (Wildman–Crippen LogP) is 2.46. The van der Waals surface area contributed by atoms with Crippen molar-refractivity contribution in [2.45, 2.75) is 0 Å². The molecule has 0 aliphatic heterocycles. The van der Waals surface area contributed by atoms with E-state index >= 15 is 0 Å². The Morgan fingerprint density at radius 3 is 3.06 bits per heavy atom. The van der Waals surface area contributed by atoms with Crippen molar-refractivity contribution in [2.75, 3.05) is 0 Å². The number of hydrogen-bond donors (Lipinski definition) is 0. The lowest BCUT2D eigenvalue weighted by Crippen LogP contribution is -2.14. The Bertz CT molecular complexity index is 955. The maximum absolute atomic E-state index is 12.4. The van der Waals surface area contributed by atoms with Crippen LogP contribution in [0.2, 0.25) is 0 Å². The summed E-state index contributed by atoms with van der Waals surface area (Å²) in [6, 6.07) is 9.27. The molecule has 0 spiro atoms. The summed E-state index contributed by atoms with van der Waals surface area (Å²) in [5.41, 5.74) is 3.97. The number of rotatable bonds is 0. The van der Waals surface area contributed by atoms with Crippen LogP contribution < -0.4 is 5.56 Å². The minimum atomic E-state index is -0.0505. The number of hydrogen-bond acceptors (Lipinski definition) is 4. The highest BCUT2D eigenvalue weighted by molar-refractivity contribution is 7.16. The van der Waals surface area contributed by atoms with Gasteiger partial charge < -0.3 is 0 Å². The molecule has 0 bridgehead atoms. The van der Waals surface area contributed by atoms with Gasteiger partial charge in [-0.05, 0) is 24.3 Å². The fourth-order valence-electron chi connectivity index (χ4n) is 2.11. The molecule has 0 aliphatic carbocycles. The number of fused-ring (bicyclic) bond motifs is 3. The van der Waals surface area contributed by atoms with Crippen molar-refractivity contribution in [1.29, 1.82) is 0 Å². The van der Waals surface area contributed by atoms with Crippen LogP contribution in [0.3, 0.4) is 0 Å². The molecule has 86 valence electrons. The second kappa shape index (κ2) is 3.36. The fourth-order valence-corrected chi connectivity index (χ4v) is 2.80. The molecule has 0 radical (unpaired) electrons. The smallest absolute Gasteiger partial charge is 0.265 e. The molecule has 4 nitrogen and oxygen atoms in total. The molecule has 1 aromatic carbocycles. The standard InChI is InChI=1S/C13H7N3OS/c17-13-8-5-10-11(18-7-14-10)6-9(8)15-12-3-1-2-4-16(12)13/h1-7H. The topological polar surface area (TPSA) is 47.3 Å². The molecule has 0 N–H and O–H groups in total. The van der Waals surface area contributed by atoms with Crippen LogP contribution in [0.5, 0.6) is 0 Å². The van der Waals surface area contributed by atoms with Crippen molar-refractivity contribution in [3.63, 3.8) is 0 Å². The Morgan fingerprint density at radius 1 is 1.17 bits per heavy atom. The van der Waals surface area contributed by atoms with Gasteiger partial charge in [-0.2, -0.15) is 0 Å². The third kappa shape index (κ3) is 1.22. The number of thiazole rings is 1. The molecular weight excluding hydrogens is 246 g/mol. The van der Waals surface area contributed by atoms with E-state index in [-0.39, 0.29) is 5.56 Å². The molecule has 0 aliphatic rings. The van der Waals surface area contributed by atoms with Crippen LogP contribution in [0.1, 0.15) is 0 Å². The van der Waals surface area contributed by atoms with E-state index in [0.717, 1.165) is 15.7 Å². The lowest BCUT2D eigenvalue weighted by molar-refractivity contribution is 1.08. The molecule has 5 heteroatoms. The molecule has 0 saturated carbocycles. The van der Waals surface area contributed by atoms with E-state index in [0.29, 0.717) is 11.0 Å². The highest BCUT2D eigenvalue weighted by atomic mass is 32.1. The van der Waals surface area contributed by atoms with Crippen LogP contribution >= 0.6 is 11.3 Å². The third-order valence-electron chi connectivity index (χ3n) is 2.97. The van der Waals surface area contributed by atoms with Gasteiger partial charge in [0.2, 0.25) is 0 Å². The van der Waals surface area contributed by atoms with Crippen LogP contribution in [0.15, 0.2) is 46.8 Å². The average molecular weight is 253 g/mol. The second-order valence-corrected chi connectivity index (χ2v) is 4.92. The zero-order chi connectivity index (χ0) is 12.1. The summed E-state index contributed by atoms with van der Waals surface area (Å²) in [6.45, 7) is 0. The van der Waals surface area contributed by atoms with E-state index in [1.807, 2.05) is 30.3 Å². The normalized spacial score (nSPS) is 11.6. The first-order valence-corrected chi connectivity index (χ1v) is 6.35. The summed E-state index contributed by atoms with van der Waals surface area (Å²) in [5.74, 6) is 0. The Balaban J connectivity index is 2.33. The first kappa shape index (κ1) is 9.73. The van der Waals surface area contributed by atoms with Gasteiger partial charge in [-0.1, -0.05) is 6.07 Å². The first-order valence-electron chi connectivity index (χ1n) is 5.47. The summed E-state index contributed by atoms with van der Waals surface area (Å²) in [5, 5.41) is 0.608. The summed E-state index contributed by atoms with van der Waals surface area (Å²) in [6.07, 6.45) is 1.73. The minimum Gasteiger partial charge on any atom is -0.268 e. The maximum atomic E-state index is 12.4. The van der Waals surface area contributed by atoms with Gasteiger partial charge in [0.1, 0.15) is 5.65 Å². The molecule has 18 heavy (non-hydrogen) atoms. The van der Waals surface area contributed by atoms with Gasteiger partial charge in [0.25, 0.3) is 5.56 Å². The Morgan fingerprint density at radius 2 is 2.11 bits per heavy atom. The van der Waals surface area contributed by atoms with Gasteiger partial charge in [0.05, 0.1) is 26.6 Å². The van der Waals surface area contributed by atoms with Crippen LogP contribution in [0.4, 0.5) is 0 Å². The Labute approximate surface area is 105 Å². The van der Waals surface area contributed by atoms with Crippen molar-refractivity contribution < 1.29 is 0 Å². The van der Waals surface area contributed by atoms with Crippen molar-refractivity contribution in [1.82, 2.24) is 14.4 Å². The fraction of sp³-hybridized carbons (Fsp3) is 0. The number of benzene rings is 1. The van der Waals surface area contributed by atoms with Gasteiger partial charge in [-0.25, -0.2) is 9.97 Å². The molecule has 3 heterocycles. The summed E-state index contributed by atoms with van der Waals surface area (Å²) < 4.78 is 2.61. The van der Waals surface area contributed by atoms with Crippen molar-refractivity contribution >= 4 is 38.1 Å². The number of aromatic nitrogens is 3. The molecule has 3 aromatic heterocycles. The summed E-state index contributed by atoms with van der Waals surface area (Å²) >= 11 is 1.55. The maximum Gasteiger partial charge on any atom is 0.265 e. The Hall–Kier alpha value is -2.27. The molecule has 0 saturated heterocycles. The first-order chi connectivity index (χ1) is 8.83. The lowest BCUT2D eigenvalue weighted by Gasteiger charge is -2.02. The molecule has 0 amide bonds. The van der Waals surface area contributed by atoms with E-state index < -0.39 is 0 Å². The highest BCUT2D eigenvalue weighted by Crippen LogP contribution is 2.22. The van der Waals surface area contributed by atoms with E-state index in [2.05, 4.69) is 9.97 Å². The largest absolute Gasteiger partial charge is 0.268 e. The summed E-state index contributed by atoms with van der Waals surface area (Å²) in [4.78, 5) is 21.1. The van der Waals surface area contributed by atoms with E-state index in [4.69, 9.17) is 0 Å². The number of nitrogens with zero attached hydrogens (tertiary/aromatic N) is 3. The molecule has 4 rings (SSSR count). The van der Waals surface area contributed by atoms with Gasteiger partial charge in [-0.15, -0.1) is 11.3 Å². The zero-order valence-electron chi connectivity index (χ0n) is 9.20. The van der Waals surface area contributed by atoms with Gasteiger partial charge >= 0.3 is 0 Å². The second-order valence-electron chi connectivity index (χ2n) is 4.04. The molecular formula is C13H7N3OS. The van der Waals surface area contributed by atoms with Gasteiger partial charge in [-0.3, -0.25) is 9.20 Å².